The van der Waals surface area contributed by atoms with Crippen molar-refractivity contribution in [1.82, 2.24) is 10.3 Å². The van der Waals surface area contributed by atoms with E-state index >= 15 is 0 Å². The Morgan fingerprint density at radius 3 is 1.37 bits per heavy atom. The number of hydrogen-bond acceptors (Lipinski definition) is 3. The molecule has 0 spiro atoms. The number of halogens is 2. The molecule has 0 saturated carbocycles. The Hall–Kier alpha value is -1.84. The van der Waals surface area contributed by atoms with Gasteiger partial charge in [0.1, 0.15) is 11.4 Å². The van der Waals surface area contributed by atoms with Gasteiger partial charge in [0.05, 0.1) is 0 Å². The normalized spacial score (nSPS) is 10.6. The first-order chi connectivity index (χ1) is 9.24. The highest BCUT2D eigenvalue weighted by Gasteiger charge is 2.14. The quantitative estimate of drug-likeness (QED) is 0.686. The van der Waals surface area contributed by atoms with E-state index in [0.29, 0.717) is 21.4 Å². The Kier molecular flexibility index (Phi) is 3.23. The fourth-order valence-corrected chi connectivity index (χ4v) is 2.03. The molecular weight excluding hydrogens is 283 g/mol. The summed E-state index contributed by atoms with van der Waals surface area (Å²) < 4.78 is 4.85. The van der Waals surface area contributed by atoms with E-state index in [-0.39, 0.29) is 0 Å². The van der Waals surface area contributed by atoms with Crippen molar-refractivity contribution < 1.29 is 4.63 Å². The lowest BCUT2D eigenvalue weighted by Crippen LogP contribution is -1.83. The molecule has 0 saturated heterocycles. The minimum atomic E-state index is 0.674. The maximum atomic E-state index is 5.87. The third-order valence-corrected chi connectivity index (χ3v) is 3.23. The average molecular weight is 291 g/mol. The molecule has 5 heteroatoms. The molecule has 19 heavy (non-hydrogen) atoms. The smallest absolute Gasteiger partial charge is 0.143 e. The van der Waals surface area contributed by atoms with Crippen LogP contribution in [-0.2, 0) is 0 Å². The molecule has 0 aliphatic carbocycles. The average Bonchev–Trinajstić information content (AvgIpc) is 2.90. The molecule has 1 heterocycles. The van der Waals surface area contributed by atoms with E-state index in [1.807, 2.05) is 24.3 Å². The zero-order chi connectivity index (χ0) is 13.2. The van der Waals surface area contributed by atoms with Crippen LogP contribution in [0.15, 0.2) is 53.2 Å². The van der Waals surface area contributed by atoms with Gasteiger partial charge in [-0.3, -0.25) is 0 Å². The molecule has 3 nitrogen and oxygen atoms in total. The summed E-state index contributed by atoms with van der Waals surface area (Å²) in [7, 11) is 0. The summed E-state index contributed by atoms with van der Waals surface area (Å²) in [6.07, 6.45) is 0. The van der Waals surface area contributed by atoms with Gasteiger partial charge in [-0.2, -0.15) is 0 Å². The molecule has 0 fully saturated rings. The van der Waals surface area contributed by atoms with E-state index in [4.69, 9.17) is 27.8 Å². The first kappa shape index (κ1) is 12.2. The molecule has 2 aromatic carbocycles. The molecule has 94 valence electrons. The summed E-state index contributed by atoms with van der Waals surface area (Å²) in [5.41, 5.74) is 3.16. The zero-order valence-corrected chi connectivity index (χ0v) is 11.2. The third-order valence-electron chi connectivity index (χ3n) is 2.72. The molecular formula is C14H8Cl2N2O. The van der Waals surface area contributed by atoms with Crippen LogP contribution in [0.1, 0.15) is 0 Å². The Labute approximate surface area is 119 Å². The summed E-state index contributed by atoms with van der Waals surface area (Å²) in [6, 6.07) is 14.7. The first-order valence-electron chi connectivity index (χ1n) is 5.58. The van der Waals surface area contributed by atoms with Crippen LogP contribution < -0.4 is 0 Å². The monoisotopic (exact) mass is 290 g/mol. The highest BCUT2D eigenvalue weighted by molar-refractivity contribution is 6.31. The Balaban J connectivity index is 2.07. The topological polar surface area (TPSA) is 38.9 Å². The maximum absolute atomic E-state index is 5.87. The van der Waals surface area contributed by atoms with Gasteiger partial charge in [-0.15, -0.1) is 0 Å². The largest absolute Gasteiger partial charge is 0.243 e. The summed E-state index contributed by atoms with van der Waals surface area (Å²) in [4.78, 5) is 0. The van der Waals surface area contributed by atoms with Gasteiger partial charge in [-0.05, 0) is 34.6 Å². The van der Waals surface area contributed by atoms with Crippen LogP contribution in [-0.4, -0.2) is 10.3 Å². The molecule has 3 aromatic rings. The van der Waals surface area contributed by atoms with Crippen molar-refractivity contribution in [3.8, 4) is 22.5 Å². The van der Waals surface area contributed by atoms with Gasteiger partial charge in [0.15, 0.2) is 0 Å². The SMILES string of the molecule is Clc1ccc(-c2nonc2-c2ccc(Cl)cc2)cc1. The van der Waals surface area contributed by atoms with E-state index in [1.54, 1.807) is 24.3 Å². The van der Waals surface area contributed by atoms with Crippen LogP contribution in [0.3, 0.4) is 0 Å². The predicted molar refractivity (Wildman–Crippen MR) is 75.2 cm³/mol. The van der Waals surface area contributed by atoms with Crippen molar-refractivity contribution in [1.29, 1.82) is 0 Å². The second-order valence-corrected chi connectivity index (χ2v) is 4.85. The predicted octanol–water partition coefficient (Wildman–Crippen LogP) is 4.71. The lowest BCUT2D eigenvalue weighted by molar-refractivity contribution is 0.310. The van der Waals surface area contributed by atoms with E-state index in [1.165, 1.54) is 0 Å². The molecule has 0 unspecified atom stereocenters. The number of nitrogens with zero attached hydrogens (tertiary/aromatic N) is 2. The highest BCUT2D eigenvalue weighted by atomic mass is 35.5. The first-order valence-corrected chi connectivity index (χ1v) is 6.34. The molecule has 0 aliphatic rings. The van der Waals surface area contributed by atoms with Crippen LogP contribution in [0.5, 0.6) is 0 Å². The van der Waals surface area contributed by atoms with Gasteiger partial charge >= 0.3 is 0 Å². The number of hydrogen-bond donors (Lipinski definition) is 0. The number of benzene rings is 2. The number of aromatic nitrogens is 2. The Bertz CT molecular complexity index is 630. The van der Waals surface area contributed by atoms with Crippen LogP contribution in [0, 0.1) is 0 Å². The molecule has 1 aromatic heterocycles. The van der Waals surface area contributed by atoms with Crippen LogP contribution in [0.2, 0.25) is 10.0 Å². The maximum Gasteiger partial charge on any atom is 0.143 e. The van der Waals surface area contributed by atoms with Gasteiger partial charge in [0.25, 0.3) is 0 Å². The van der Waals surface area contributed by atoms with Gasteiger partial charge in [-0.25, -0.2) is 4.63 Å². The van der Waals surface area contributed by atoms with E-state index in [2.05, 4.69) is 10.3 Å². The zero-order valence-electron chi connectivity index (χ0n) is 9.68. The van der Waals surface area contributed by atoms with Crippen LogP contribution >= 0.6 is 23.2 Å². The fraction of sp³-hybridized carbons (Fsp3) is 0. The Morgan fingerprint density at radius 2 is 1.00 bits per heavy atom. The molecule has 0 aliphatic heterocycles. The van der Waals surface area contributed by atoms with Crippen molar-refractivity contribution in [2.24, 2.45) is 0 Å². The summed E-state index contributed by atoms with van der Waals surface area (Å²) >= 11 is 11.7. The molecule has 0 atom stereocenters. The van der Waals surface area contributed by atoms with E-state index < -0.39 is 0 Å². The van der Waals surface area contributed by atoms with Gasteiger partial charge < -0.3 is 0 Å². The number of rotatable bonds is 2. The lowest BCUT2D eigenvalue weighted by atomic mass is 10.1. The van der Waals surface area contributed by atoms with Crippen LogP contribution in [0.25, 0.3) is 22.5 Å². The summed E-state index contributed by atoms with van der Waals surface area (Å²) in [6.45, 7) is 0. The van der Waals surface area contributed by atoms with Crippen molar-refractivity contribution in [3.63, 3.8) is 0 Å². The van der Waals surface area contributed by atoms with Gasteiger partial charge in [0.2, 0.25) is 0 Å². The molecule has 0 radical (unpaired) electrons. The van der Waals surface area contributed by atoms with Crippen molar-refractivity contribution in [3.05, 3.63) is 58.6 Å². The van der Waals surface area contributed by atoms with Crippen molar-refractivity contribution in [2.45, 2.75) is 0 Å². The third kappa shape index (κ3) is 2.48. The van der Waals surface area contributed by atoms with E-state index in [0.717, 1.165) is 11.1 Å². The molecule has 3 rings (SSSR count). The van der Waals surface area contributed by atoms with Crippen molar-refractivity contribution in [2.75, 3.05) is 0 Å². The van der Waals surface area contributed by atoms with Gasteiger partial charge in [0, 0.05) is 21.2 Å². The standard InChI is InChI=1S/C14H8Cl2N2O/c15-11-5-1-9(2-6-11)13-14(18-19-17-13)10-3-7-12(16)8-4-10/h1-8H. The molecule has 0 bridgehead atoms. The minimum Gasteiger partial charge on any atom is -0.243 e. The molecule has 0 amide bonds. The summed E-state index contributed by atoms with van der Waals surface area (Å²) in [5.74, 6) is 0. The second kappa shape index (κ2) is 5.03. The molecule has 0 N–H and O–H groups in total. The fourth-order valence-electron chi connectivity index (χ4n) is 1.78. The van der Waals surface area contributed by atoms with Gasteiger partial charge in [-0.1, -0.05) is 47.5 Å². The lowest BCUT2D eigenvalue weighted by Gasteiger charge is -2.00. The Morgan fingerprint density at radius 1 is 0.632 bits per heavy atom. The second-order valence-electron chi connectivity index (χ2n) is 3.98. The van der Waals surface area contributed by atoms with E-state index in [9.17, 15) is 0 Å². The highest BCUT2D eigenvalue weighted by Crippen LogP contribution is 2.30. The van der Waals surface area contributed by atoms with Crippen LogP contribution in [0.4, 0.5) is 0 Å². The summed E-state index contributed by atoms with van der Waals surface area (Å²) in [5, 5.41) is 9.25. The minimum absolute atomic E-state index is 0.674. The van der Waals surface area contributed by atoms with Crippen molar-refractivity contribution >= 4 is 23.2 Å².